The van der Waals surface area contributed by atoms with Crippen LogP contribution in [-0.2, 0) is 0 Å². The highest BCUT2D eigenvalue weighted by molar-refractivity contribution is 5.73. The fourth-order valence-electron chi connectivity index (χ4n) is 2.50. The number of nitrogens with one attached hydrogen (secondary N) is 2. The molecule has 0 spiro atoms. The van der Waals surface area contributed by atoms with Crippen LogP contribution in [0.3, 0.4) is 0 Å². The third-order valence-corrected chi connectivity index (χ3v) is 4.68. The van der Waals surface area contributed by atoms with Crippen LogP contribution in [0.5, 0.6) is 0 Å². The second-order valence-corrected chi connectivity index (χ2v) is 7.17. The highest BCUT2D eigenvalue weighted by Gasteiger charge is 2.26. The third kappa shape index (κ3) is 6.22. The van der Waals surface area contributed by atoms with Gasteiger partial charge in [0.1, 0.15) is 0 Å². The first-order valence-corrected chi connectivity index (χ1v) is 8.20. The van der Waals surface area contributed by atoms with Gasteiger partial charge in [0.2, 0.25) is 0 Å². The monoisotopic (exact) mass is 299 g/mol. The maximum Gasteiger partial charge on any atom is 0.314 e. The van der Waals surface area contributed by atoms with Gasteiger partial charge < -0.3 is 20.6 Å². The fraction of sp³-hybridized carbons (Fsp3) is 0.938. The molecular formula is C16H33N3O2. The number of carbonyl (C=O) groups excluding carboxylic acids is 1. The topological polar surface area (TPSA) is 64.6 Å². The number of hydrogen-bond acceptors (Lipinski definition) is 3. The van der Waals surface area contributed by atoms with Crippen LogP contribution in [0.15, 0.2) is 0 Å². The number of nitrogens with zero attached hydrogens (tertiary/aromatic N) is 1. The van der Waals surface area contributed by atoms with Gasteiger partial charge in [0.25, 0.3) is 0 Å². The quantitative estimate of drug-likeness (QED) is 0.701. The minimum Gasteiger partial charge on any atom is -0.388 e. The van der Waals surface area contributed by atoms with Gasteiger partial charge in [-0.1, -0.05) is 13.8 Å². The number of amides is 2. The fourth-order valence-corrected chi connectivity index (χ4v) is 2.50. The Bertz CT molecular complexity index is 329. The first kappa shape index (κ1) is 18.2. The van der Waals surface area contributed by atoms with Gasteiger partial charge in [0, 0.05) is 25.7 Å². The van der Waals surface area contributed by atoms with E-state index in [9.17, 15) is 9.90 Å². The number of carbonyl (C=O) groups is 1. The van der Waals surface area contributed by atoms with Gasteiger partial charge in [0.15, 0.2) is 0 Å². The molecule has 5 heteroatoms. The molecule has 0 aliphatic carbocycles. The van der Waals surface area contributed by atoms with Gasteiger partial charge in [-0.2, -0.15) is 0 Å². The molecule has 1 rings (SSSR count). The van der Waals surface area contributed by atoms with E-state index in [1.807, 2.05) is 13.8 Å². The average molecular weight is 299 g/mol. The van der Waals surface area contributed by atoms with Crippen molar-refractivity contribution in [1.29, 1.82) is 0 Å². The zero-order valence-electron chi connectivity index (χ0n) is 14.3. The summed E-state index contributed by atoms with van der Waals surface area (Å²) in [7, 11) is 0. The molecule has 0 bridgehead atoms. The van der Waals surface area contributed by atoms with E-state index in [-0.39, 0.29) is 18.5 Å². The molecule has 1 heterocycles. The Morgan fingerprint density at radius 1 is 1.33 bits per heavy atom. The second kappa shape index (κ2) is 7.99. The molecule has 0 aromatic heterocycles. The molecule has 21 heavy (non-hydrogen) atoms. The molecule has 1 aliphatic rings. The molecule has 1 saturated heterocycles. The second-order valence-electron chi connectivity index (χ2n) is 7.17. The van der Waals surface area contributed by atoms with E-state index in [0.717, 1.165) is 13.1 Å². The smallest absolute Gasteiger partial charge is 0.314 e. The number of piperidine rings is 1. The van der Waals surface area contributed by atoms with E-state index in [1.54, 1.807) is 6.92 Å². The van der Waals surface area contributed by atoms with Crippen molar-refractivity contribution in [3.63, 3.8) is 0 Å². The molecule has 0 aromatic rings. The summed E-state index contributed by atoms with van der Waals surface area (Å²) < 4.78 is 0. The molecular weight excluding hydrogens is 266 g/mol. The van der Waals surface area contributed by atoms with Gasteiger partial charge in [-0.3, -0.25) is 0 Å². The summed E-state index contributed by atoms with van der Waals surface area (Å²) in [6.07, 6.45) is 2.38. The van der Waals surface area contributed by atoms with Gasteiger partial charge in [0.05, 0.1) is 5.60 Å². The maximum atomic E-state index is 11.8. The van der Waals surface area contributed by atoms with Crippen LogP contribution in [0.4, 0.5) is 4.79 Å². The lowest BCUT2D eigenvalue weighted by molar-refractivity contribution is 0.0165. The Balaban J connectivity index is 2.27. The molecule has 1 fully saturated rings. The van der Waals surface area contributed by atoms with Crippen LogP contribution in [-0.4, -0.2) is 53.9 Å². The highest BCUT2D eigenvalue weighted by Crippen LogP contribution is 2.17. The summed E-state index contributed by atoms with van der Waals surface area (Å²) in [6.45, 7) is 13.3. The SMILES string of the molecule is CC(C)N1CCCC(CNC(=O)NCC(C)(O)C(C)C)C1. The number of urea groups is 1. The lowest BCUT2D eigenvalue weighted by atomic mass is 9.93. The minimum absolute atomic E-state index is 0.107. The van der Waals surface area contributed by atoms with Crippen molar-refractivity contribution < 1.29 is 9.90 Å². The predicted molar refractivity (Wildman–Crippen MR) is 86.3 cm³/mol. The molecule has 1 aliphatic heterocycles. The van der Waals surface area contributed by atoms with Crippen molar-refractivity contribution >= 4 is 6.03 Å². The number of aliphatic hydroxyl groups is 1. The zero-order valence-corrected chi connectivity index (χ0v) is 14.3. The van der Waals surface area contributed by atoms with Crippen LogP contribution in [0.1, 0.15) is 47.5 Å². The Kier molecular flexibility index (Phi) is 6.94. The summed E-state index contributed by atoms with van der Waals surface area (Å²) in [5.74, 6) is 0.633. The summed E-state index contributed by atoms with van der Waals surface area (Å²) in [5, 5.41) is 15.8. The standard InChI is InChI=1S/C16H33N3O2/c1-12(2)16(5,21)11-18-15(20)17-9-14-7-6-8-19(10-14)13(3)4/h12-14,21H,6-11H2,1-5H3,(H2,17,18,20). The average Bonchev–Trinajstić information content (AvgIpc) is 2.43. The molecule has 0 radical (unpaired) electrons. The van der Waals surface area contributed by atoms with Crippen LogP contribution >= 0.6 is 0 Å². The summed E-state index contributed by atoms with van der Waals surface area (Å²) in [6, 6.07) is 0.389. The maximum absolute atomic E-state index is 11.8. The van der Waals surface area contributed by atoms with E-state index >= 15 is 0 Å². The Morgan fingerprint density at radius 2 is 2.00 bits per heavy atom. The van der Waals surface area contributed by atoms with E-state index in [1.165, 1.54) is 12.8 Å². The van der Waals surface area contributed by atoms with Crippen molar-refractivity contribution in [3.05, 3.63) is 0 Å². The number of hydrogen-bond donors (Lipinski definition) is 3. The Labute approximate surface area is 129 Å². The molecule has 2 atom stereocenters. The van der Waals surface area contributed by atoms with Crippen molar-refractivity contribution in [2.75, 3.05) is 26.2 Å². The van der Waals surface area contributed by atoms with Crippen molar-refractivity contribution in [1.82, 2.24) is 15.5 Å². The summed E-state index contributed by atoms with van der Waals surface area (Å²) in [4.78, 5) is 14.3. The van der Waals surface area contributed by atoms with Gasteiger partial charge in [-0.15, -0.1) is 0 Å². The highest BCUT2D eigenvalue weighted by atomic mass is 16.3. The zero-order chi connectivity index (χ0) is 16.0. The summed E-state index contributed by atoms with van der Waals surface area (Å²) >= 11 is 0. The van der Waals surface area contributed by atoms with Crippen LogP contribution in [0.2, 0.25) is 0 Å². The third-order valence-electron chi connectivity index (χ3n) is 4.68. The lowest BCUT2D eigenvalue weighted by Gasteiger charge is -2.35. The van der Waals surface area contributed by atoms with Gasteiger partial charge in [-0.05, 0) is 52.0 Å². The predicted octanol–water partition coefficient (Wildman–Crippen LogP) is 1.81. The van der Waals surface area contributed by atoms with Crippen LogP contribution < -0.4 is 10.6 Å². The van der Waals surface area contributed by atoms with Gasteiger partial charge >= 0.3 is 6.03 Å². The first-order chi connectivity index (χ1) is 9.72. The van der Waals surface area contributed by atoms with E-state index in [0.29, 0.717) is 18.5 Å². The first-order valence-electron chi connectivity index (χ1n) is 8.20. The number of rotatable bonds is 6. The van der Waals surface area contributed by atoms with Crippen molar-refractivity contribution in [3.8, 4) is 0 Å². The van der Waals surface area contributed by atoms with E-state index < -0.39 is 5.60 Å². The Morgan fingerprint density at radius 3 is 2.57 bits per heavy atom. The van der Waals surface area contributed by atoms with Crippen molar-refractivity contribution in [2.24, 2.45) is 11.8 Å². The molecule has 2 unspecified atom stereocenters. The largest absolute Gasteiger partial charge is 0.388 e. The lowest BCUT2D eigenvalue weighted by Crippen LogP contribution is -2.49. The number of likely N-dealkylation sites (tertiary alicyclic amines) is 1. The van der Waals surface area contributed by atoms with E-state index in [4.69, 9.17) is 0 Å². The van der Waals surface area contributed by atoms with Crippen LogP contribution in [0.25, 0.3) is 0 Å². The minimum atomic E-state index is -0.864. The van der Waals surface area contributed by atoms with Crippen molar-refractivity contribution in [2.45, 2.75) is 59.1 Å². The molecule has 5 nitrogen and oxygen atoms in total. The normalized spacial score (nSPS) is 23.1. The summed E-state index contributed by atoms with van der Waals surface area (Å²) in [5.41, 5.74) is -0.864. The molecule has 2 amide bonds. The van der Waals surface area contributed by atoms with Crippen LogP contribution in [0, 0.1) is 11.8 Å². The molecule has 3 N–H and O–H groups in total. The Hall–Kier alpha value is -0.810. The molecule has 0 aromatic carbocycles. The van der Waals surface area contributed by atoms with Gasteiger partial charge in [-0.25, -0.2) is 4.79 Å². The molecule has 124 valence electrons. The van der Waals surface area contributed by atoms with E-state index in [2.05, 4.69) is 29.4 Å². The molecule has 0 saturated carbocycles.